The molecule has 150 valence electrons. The number of nitrogens with one attached hydrogen (secondary N) is 1. The number of benzene rings is 2. The van der Waals surface area contributed by atoms with Gasteiger partial charge in [-0.15, -0.1) is 0 Å². The molecule has 3 rings (SSSR count). The first-order valence-corrected chi connectivity index (χ1v) is 9.99. The lowest BCUT2D eigenvalue weighted by molar-refractivity contribution is -0.128. The van der Waals surface area contributed by atoms with Gasteiger partial charge in [0.2, 0.25) is 0 Å². The first-order valence-electron chi connectivity index (χ1n) is 9.99. The Morgan fingerprint density at radius 3 is 2.45 bits per heavy atom. The zero-order valence-electron chi connectivity index (χ0n) is 16.8. The number of hydrogen-bond donors (Lipinski definition) is 1. The predicted octanol–water partition coefficient (Wildman–Crippen LogP) is 3.67. The fourth-order valence-corrected chi connectivity index (χ4v) is 3.61. The van der Waals surface area contributed by atoms with Crippen molar-refractivity contribution in [3.63, 3.8) is 0 Å². The van der Waals surface area contributed by atoms with Gasteiger partial charge in [0.05, 0.1) is 7.11 Å². The Morgan fingerprint density at radius 2 is 1.83 bits per heavy atom. The van der Waals surface area contributed by atoms with Gasteiger partial charge in [0.1, 0.15) is 17.4 Å². The number of nitriles is 1. The molecule has 1 heterocycles. The summed E-state index contributed by atoms with van der Waals surface area (Å²) in [6.07, 6.45) is 4.52. The molecule has 1 fully saturated rings. The number of amides is 1. The van der Waals surface area contributed by atoms with E-state index in [1.54, 1.807) is 12.0 Å². The molecule has 0 aromatic heterocycles. The number of nitrogens with zero attached hydrogens (tertiary/aromatic N) is 2. The lowest BCUT2D eigenvalue weighted by Crippen LogP contribution is -2.39. The van der Waals surface area contributed by atoms with Crippen LogP contribution in [0.5, 0.6) is 5.75 Å². The fraction of sp³-hybridized carbons (Fsp3) is 0.333. The van der Waals surface area contributed by atoms with Gasteiger partial charge in [0, 0.05) is 25.8 Å². The van der Waals surface area contributed by atoms with Crippen LogP contribution in [0.25, 0.3) is 0 Å². The largest absolute Gasteiger partial charge is 0.497 e. The highest BCUT2D eigenvalue weighted by atomic mass is 16.5. The minimum atomic E-state index is -0.187. The summed E-state index contributed by atoms with van der Waals surface area (Å²) < 4.78 is 5.14. The van der Waals surface area contributed by atoms with Crippen LogP contribution in [-0.4, -0.2) is 31.0 Å². The summed E-state index contributed by atoms with van der Waals surface area (Å²) in [5, 5.41) is 12.5. The average Bonchev–Trinajstić information content (AvgIpc) is 2.78. The van der Waals surface area contributed by atoms with Crippen molar-refractivity contribution in [2.75, 3.05) is 20.2 Å². The summed E-state index contributed by atoms with van der Waals surface area (Å²) in [6.45, 7) is 1.95. The Labute approximate surface area is 172 Å². The SMILES string of the molecule is COc1ccc(CN/C=C(/C#N)C(=O)N2CCC(Cc3ccccc3)CC2)cc1. The van der Waals surface area contributed by atoms with E-state index in [1.165, 1.54) is 11.8 Å². The van der Waals surface area contributed by atoms with Crippen molar-refractivity contribution in [2.24, 2.45) is 5.92 Å². The second kappa shape index (κ2) is 10.3. The van der Waals surface area contributed by atoms with Crippen molar-refractivity contribution < 1.29 is 9.53 Å². The van der Waals surface area contributed by atoms with Crippen LogP contribution in [0.4, 0.5) is 0 Å². The molecule has 29 heavy (non-hydrogen) atoms. The number of hydrogen-bond acceptors (Lipinski definition) is 4. The first-order chi connectivity index (χ1) is 14.2. The highest BCUT2D eigenvalue weighted by molar-refractivity contribution is 5.97. The second-order valence-corrected chi connectivity index (χ2v) is 7.32. The lowest BCUT2D eigenvalue weighted by atomic mass is 9.90. The maximum Gasteiger partial charge on any atom is 0.265 e. The van der Waals surface area contributed by atoms with Crippen molar-refractivity contribution >= 4 is 5.91 Å². The number of likely N-dealkylation sites (tertiary alicyclic amines) is 1. The molecular formula is C24H27N3O2. The van der Waals surface area contributed by atoms with Crippen LogP contribution in [0.15, 0.2) is 66.4 Å². The number of methoxy groups -OCH3 is 1. The predicted molar refractivity (Wildman–Crippen MR) is 113 cm³/mol. The van der Waals surface area contributed by atoms with E-state index in [0.29, 0.717) is 25.6 Å². The molecule has 1 N–H and O–H groups in total. The number of piperidine rings is 1. The molecule has 0 radical (unpaired) electrons. The third-order valence-electron chi connectivity index (χ3n) is 5.33. The second-order valence-electron chi connectivity index (χ2n) is 7.32. The van der Waals surface area contributed by atoms with E-state index in [2.05, 4.69) is 29.6 Å². The Balaban J connectivity index is 1.49. The average molecular weight is 389 g/mol. The molecule has 0 saturated carbocycles. The van der Waals surface area contributed by atoms with E-state index in [9.17, 15) is 10.1 Å². The smallest absolute Gasteiger partial charge is 0.265 e. The van der Waals surface area contributed by atoms with Gasteiger partial charge in [-0.25, -0.2) is 0 Å². The van der Waals surface area contributed by atoms with Crippen molar-refractivity contribution in [3.8, 4) is 11.8 Å². The molecule has 1 aliphatic heterocycles. The highest BCUT2D eigenvalue weighted by Crippen LogP contribution is 2.22. The van der Waals surface area contributed by atoms with Gasteiger partial charge in [-0.3, -0.25) is 4.79 Å². The third-order valence-corrected chi connectivity index (χ3v) is 5.33. The molecule has 0 spiro atoms. The van der Waals surface area contributed by atoms with E-state index in [-0.39, 0.29) is 11.5 Å². The Bertz CT molecular complexity index is 861. The standard InChI is InChI=1S/C24H27N3O2/c1-29-23-9-7-21(8-10-23)17-26-18-22(16-25)24(28)27-13-11-20(12-14-27)15-19-5-3-2-4-6-19/h2-10,18,20,26H,11-15,17H2,1H3/b22-18-. The molecule has 2 aromatic carbocycles. The Morgan fingerprint density at radius 1 is 1.14 bits per heavy atom. The zero-order valence-corrected chi connectivity index (χ0v) is 16.8. The summed E-state index contributed by atoms with van der Waals surface area (Å²) in [4.78, 5) is 14.5. The number of ether oxygens (including phenoxy) is 1. The topological polar surface area (TPSA) is 65.4 Å². The molecule has 0 aliphatic carbocycles. The minimum absolute atomic E-state index is 0.153. The summed E-state index contributed by atoms with van der Waals surface area (Å²) in [7, 11) is 1.63. The monoisotopic (exact) mass is 389 g/mol. The number of rotatable bonds is 7. The molecule has 0 bridgehead atoms. The number of carbonyl (C=O) groups is 1. The molecule has 5 nitrogen and oxygen atoms in total. The van der Waals surface area contributed by atoms with Crippen LogP contribution >= 0.6 is 0 Å². The maximum absolute atomic E-state index is 12.7. The van der Waals surface area contributed by atoms with Crippen LogP contribution in [-0.2, 0) is 17.8 Å². The van der Waals surface area contributed by atoms with Gasteiger partial charge >= 0.3 is 0 Å². The normalized spacial score (nSPS) is 14.9. The minimum Gasteiger partial charge on any atom is -0.497 e. The van der Waals surface area contributed by atoms with Gasteiger partial charge in [-0.05, 0) is 48.4 Å². The first kappa shape index (κ1) is 20.5. The summed E-state index contributed by atoms with van der Waals surface area (Å²) in [5.41, 5.74) is 2.55. The molecule has 1 aliphatic rings. The van der Waals surface area contributed by atoms with Gasteiger partial charge < -0.3 is 15.0 Å². The molecule has 5 heteroatoms. The zero-order chi connectivity index (χ0) is 20.5. The van der Waals surface area contributed by atoms with Gasteiger partial charge in [-0.1, -0.05) is 42.5 Å². The van der Waals surface area contributed by atoms with E-state index in [0.717, 1.165) is 30.6 Å². The van der Waals surface area contributed by atoms with E-state index in [4.69, 9.17) is 4.74 Å². The molecule has 1 amide bonds. The van der Waals surface area contributed by atoms with Crippen molar-refractivity contribution in [2.45, 2.75) is 25.8 Å². The number of carbonyl (C=O) groups excluding carboxylic acids is 1. The van der Waals surface area contributed by atoms with Crippen LogP contribution in [0.3, 0.4) is 0 Å². The van der Waals surface area contributed by atoms with E-state index < -0.39 is 0 Å². The third kappa shape index (κ3) is 5.86. The lowest BCUT2D eigenvalue weighted by Gasteiger charge is -2.32. The molecule has 0 unspecified atom stereocenters. The van der Waals surface area contributed by atoms with Gasteiger partial charge in [0.25, 0.3) is 5.91 Å². The maximum atomic E-state index is 12.7. The quantitative estimate of drug-likeness (QED) is 0.580. The Kier molecular flexibility index (Phi) is 7.29. The van der Waals surface area contributed by atoms with Crippen LogP contribution < -0.4 is 10.1 Å². The van der Waals surface area contributed by atoms with Crippen LogP contribution in [0.1, 0.15) is 24.0 Å². The Hall–Kier alpha value is -3.26. The van der Waals surface area contributed by atoms with E-state index >= 15 is 0 Å². The van der Waals surface area contributed by atoms with Crippen molar-refractivity contribution in [1.82, 2.24) is 10.2 Å². The van der Waals surface area contributed by atoms with Crippen molar-refractivity contribution in [1.29, 1.82) is 5.26 Å². The summed E-state index contributed by atoms with van der Waals surface area (Å²) in [6, 6.07) is 20.2. The van der Waals surface area contributed by atoms with E-state index in [1.807, 2.05) is 36.4 Å². The summed E-state index contributed by atoms with van der Waals surface area (Å²) >= 11 is 0. The molecule has 2 aromatic rings. The van der Waals surface area contributed by atoms with Crippen LogP contribution in [0, 0.1) is 17.2 Å². The highest BCUT2D eigenvalue weighted by Gasteiger charge is 2.25. The van der Waals surface area contributed by atoms with Crippen molar-refractivity contribution in [3.05, 3.63) is 77.5 Å². The van der Waals surface area contributed by atoms with Gasteiger partial charge in [0.15, 0.2) is 0 Å². The van der Waals surface area contributed by atoms with Gasteiger partial charge in [-0.2, -0.15) is 5.26 Å². The van der Waals surface area contributed by atoms with Crippen LogP contribution in [0.2, 0.25) is 0 Å². The molecule has 1 saturated heterocycles. The fourth-order valence-electron chi connectivity index (χ4n) is 3.61. The summed E-state index contributed by atoms with van der Waals surface area (Å²) in [5.74, 6) is 1.20. The molecule has 0 atom stereocenters. The molecular weight excluding hydrogens is 362 g/mol.